The molecule has 7 heavy (non-hydrogen) atoms. The first-order valence-corrected chi connectivity index (χ1v) is 2.76. The Morgan fingerprint density at radius 3 is 2.00 bits per heavy atom. The quantitative estimate of drug-likeness (QED) is 0.360. The van der Waals surface area contributed by atoms with Gasteiger partial charge in [-0.05, 0) is 0 Å². The van der Waals surface area contributed by atoms with Gasteiger partial charge < -0.3 is 11.5 Å². The summed E-state index contributed by atoms with van der Waals surface area (Å²) in [7, 11) is 0. The van der Waals surface area contributed by atoms with Gasteiger partial charge in [-0.1, -0.05) is 6.92 Å². The smallest absolute Gasteiger partial charge is 0.262 e. The van der Waals surface area contributed by atoms with Crippen molar-refractivity contribution in [3.8, 4) is 0 Å². The molecule has 0 saturated carbocycles. The summed E-state index contributed by atoms with van der Waals surface area (Å²) in [4.78, 5) is 0. The highest BCUT2D eigenvalue weighted by atomic mass is 35.5. The van der Waals surface area contributed by atoms with Crippen molar-refractivity contribution in [1.82, 2.24) is 0 Å². The van der Waals surface area contributed by atoms with Crippen molar-refractivity contribution in [2.45, 2.75) is 6.92 Å². The van der Waals surface area contributed by atoms with Crippen molar-refractivity contribution in [1.29, 1.82) is 0 Å². The molecule has 0 rings (SSSR count). The molecule has 0 aliphatic carbocycles. The largest absolute Gasteiger partial charge is 0.345 e. The maximum atomic E-state index is 5.00. The predicted molar refractivity (Wildman–Crippen MR) is 36.1 cm³/mol. The molecule has 0 spiro atoms. The third kappa shape index (κ3) is 5370. The van der Waals surface area contributed by atoms with Crippen LogP contribution in [0.3, 0.4) is 0 Å². The van der Waals surface area contributed by atoms with Crippen LogP contribution in [-0.2, 0) is 0 Å². The standard InChI is InChI=1S/C2H5Cl.CH4N2S/c1-2-3;2-1(3)4/h2H2,1H3;(H4,2,3,4)/p+1. The molecule has 0 aromatic heterocycles. The number of hydrogen-bond donors (Lipinski definition) is 2. The van der Waals surface area contributed by atoms with E-state index in [1.54, 1.807) is 0 Å². The molecule has 0 radical (unpaired) electrons. The van der Waals surface area contributed by atoms with Crippen LogP contribution in [0.2, 0.25) is 0 Å². The third-order valence-electron chi connectivity index (χ3n) is 0. The summed E-state index contributed by atoms with van der Waals surface area (Å²) in [6.07, 6.45) is 0. The van der Waals surface area contributed by atoms with E-state index in [1.807, 2.05) is 6.92 Å². The van der Waals surface area contributed by atoms with E-state index in [4.69, 9.17) is 17.3 Å². The highest BCUT2D eigenvalue weighted by molar-refractivity contribution is 7.79. The predicted octanol–water partition coefficient (Wildman–Crippen LogP) is -0.283. The molecule has 0 amide bonds. The summed E-state index contributed by atoms with van der Waals surface area (Å²) in [6.45, 7) is 1.89. The van der Waals surface area contributed by atoms with Crippen LogP contribution in [0.15, 0.2) is 0 Å². The molecule has 0 aliphatic rings. The fourth-order valence-corrected chi connectivity index (χ4v) is 0. The molecule has 0 saturated heterocycles. The van der Waals surface area contributed by atoms with Crippen LogP contribution in [0.25, 0.3) is 0 Å². The Balaban J connectivity index is 0. The summed E-state index contributed by atoms with van der Waals surface area (Å²) < 4.78 is 0. The van der Waals surface area contributed by atoms with Crippen LogP contribution >= 0.6 is 23.8 Å². The Bertz CT molecular complexity index is 44.2. The van der Waals surface area contributed by atoms with Gasteiger partial charge in [0.15, 0.2) is 0 Å². The summed E-state index contributed by atoms with van der Waals surface area (Å²) in [6, 6.07) is 0. The number of thiocarbonyl (C=S) groups is 1. The molecule has 0 bridgehead atoms. The molecule has 44 valence electrons. The summed E-state index contributed by atoms with van der Waals surface area (Å²) in [5, 5.41) is 0.250. The zero-order valence-electron chi connectivity index (χ0n) is 4.28. The topological polar surface area (TPSA) is 53.7 Å². The number of hydrogen-bond acceptors (Lipinski definition) is 1. The van der Waals surface area contributed by atoms with E-state index in [0.29, 0.717) is 0 Å². The number of alkyl halides is 1. The third-order valence-corrected chi connectivity index (χ3v) is 0. The summed E-state index contributed by atoms with van der Waals surface area (Å²) >= 11 is 9.20. The van der Waals surface area contributed by atoms with Crippen molar-refractivity contribution >= 4 is 28.9 Å². The number of rotatable bonds is 0. The van der Waals surface area contributed by atoms with Crippen molar-refractivity contribution in [3.05, 3.63) is 0 Å². The Kier molecular flexibility index (Phi) is 13.8. The van der Waals surface area contributed by atoms with E-state index in [1.165, 1.54) is 0 Å². The van der Waals surface area contributed by atoms with Crippen LogP contribution in [0, 0.1) is 0 Å². The van der Waals surface area contributed by atoms with Gasteiger partial charge in [0.05, 0.1) is 0 Å². The molecule has 0 aliphatic heterocycles. The lowest BCUT2D eigenvalue weighted by Crippen LogP contribution is -2.60. The van der Waals surface area contributed by atoms with Crippen molar-refractivity contribution in [2.24, 2.45) is 5.73 Å². The average Bonchev–Trinajstić information content (AvgIpc) is 1.33. The molecular formula is C3H10ClN2S+. The summed E-state index contributed by atoms with van der Waals surface area (Å²) in [5.74, 6) is 0.722. The Hall–Kier alpha value is 0.140. The molecule has 0 atom stereocenters. The second-order valence-corrected chi connectivity index (χ2v) is 1.79. The number of halogens is 1. The molecule has 0 heterocycles. The fraction of sp³-hybridized carbons (Fsp3) is 0.667. The van der Waals surface area contributed by atoms with E-state index in [9.17, 15) is 0 Å². The van der Waals surface area contributed by atoms with Crippen molar-refractivity contribution in [2.75, 3.05) is 5.88 Å². The zero-order valence-corrected chi connectivity index (χ0v) is 5.85. The van der Waals surface area contributed by atoms with Crippen LogP contribution < -0.4 is 11.5 Å². The van der Waals surface area contributed by atoms with E-state index in [0.717, 1.165) is 5.88 Å². The number of quaternary nitrogens is 1. The lowest BCUT2D eigenvalue weighted by molar-refractivity contribution is -0.210. The van der Waals surface area contributed by atoms with Gasteiger partial charge in [0.1, 0.15) is 0 Å². The van der Waals surface area contributed by atoms with Gasteiger partial charge >= 0.3 is 0 Å². The molecular weight excluding hydrogens is 132 g/mol. The van der Waals surface area contributed by atoms with E-state index in [-0.39, 0.29) is 5.11 Å². The first-order chi connectivity index (χ1) is 3.15. The lowest BCUT2D eigenvalue weighted by atomic mass is 11.0. The molecule has 0 unspecified atom stereocenters. The minimum Gasteiger partial charge on any atom is -0.345 e. The molecule has 0 aromatic rings. The Morgan fingerprint density at radius 1 is 2.00 bits per heavy atom. The van der Waals surface area contributed by atoms with E-state index in [2.05, 4.69) is 18.0 Å². The normalized spacial score (nSPS) is 6.14. The van der Waals surface area contributed by atoms with Gasteiger partial charge in [0.25, 0.3) is 5.11 Å². The maximum absolute atomic E-state index is 5.00. The highest BCUT2D eigenvalue weighted by Crippen LogP contribution is 1.59. The van der Waals surface area contributed by atoms with E-state index >= 15 is 0 Å². The first-order valence-electron chi connectivity index (χ1n) is 1.82. The SMILES string of the molecule is CCCl.NC([NH3+])=S. The first kappa shape index (κ1) is 10.2. The molecule has 2 nitrogen and oxygen atoms in total. The van der Waals surface area contributed by atoms with Crippen LogP contribution in [0.1, 0.15) is 6.92 Å². The Labute approximate surface area is 53.8 Å². The van der Waals surface area contributed by atoms with Gasteiger partial charge in [-0.25, -0.2) is 0 Å². The van der Waals surface area contributed by atoms with Crippen LogP contribution in [-0.4, -0.2) is 11.0 Å². The minimum atomic E-state index is 0.250. The average molecular weight is 142 g/mol. The van der Waals surface area contributed by atoms with Crippen LogP contribution in [0.4, 0.5) is 0 Å². The summed E-state index contributed by atoms with van der Waals surface area (Å²) in [5.41, 5.74) is 7.88. The molecule has 0 fully saturated rings. The highest BCUT2D eigenvalue weighted by Gasteiger charge is 1.61. The number of nitrogens with two attached hydrogens (primary N) is 1. The zero-order chi connectivity index (χ0) is 6.28. The van der Waals surface area contributed by atoms with Gasteiger partial charge in [-0.2, -0.15) is 0 Å². The van der Waals surface area contributed by atoms with Crippen molar-refractivity contribution in [3.63, 3.8) is 0 Å². The van der Waals surface area contributed by atoms with Crippen LogP contribution in [0.5, 0.6) is 0 Å². The van der Waals surface area contributed by atoms with Gasteiger partial charge in [-0.15, -0.1) is 11.6 Å². The van der Waals surface area contributed by atoms with Gasteiger partial charge in [-0.3, -0.25) is 0 Å². The fourth-order valence-electron chi connectivity index (χ4n) is 0. The minimum absolute atomic E-state index is 0.250. The molecule has 0 aromatic carbocycles. The van der Waals surface area contributed by atoms with Crippen molar-refractivity contribution < 1.29 is 5.73 Å². The second-order valence-electron chi connectivity index (χ2n) is 0.734. The molecule has 4 heteroatoms. The van der Waals surface area contributed by atoms with E-state index < -0.39 is 0 Å². The molecule has 5 N–H and O–H groups in total. The Morgan fingerprint density at radius 2 is 2.00 bits per heavy atom. The second kappa shape index (κ2) is 9.46. The lowest BCUT2D eigenvalue weighted by Gasteiger charge is -1.61. The van der Waals surface area contributed by atoms with Gasteiger partial charge in [0, 0.05) is 18.1 Å². The van der Waals surface area contributed by atoms with Gasteiger partial charge in [0.2, 0.25) is 0 Å². The monoisotopic (exact) mass is 141 g/mol. The maximum Gasteiger partial charge on any atom is 0.262 e.